The van der Waals surface area contributed by atoms with E-state index in [-0.39, 0.29) is 16.9 Å². The highest BCUT2D eigenvalue weighted by Gasteiger charge is 2.30. The fourth-order valence-corrected chi connectivity index (χ4v) is 2.43. The fraction of sp³-hybridized carbons (Fsp3) is 0.111. The molecule has 0 aliphatic rings. The molecule has 1 heterocycles. The average Bonchev–Trinajstić information content (AvgIpc) is 3.00. The summed E-state index contributed by atoms with van der Waals surface area (Å²) in [7, 11) is 0. The monoisotopic (exact) mass is 363 g/mol. The Balaban J connectivity index is 1.78. The summed E-state index contributed by atoms with van der Waals surface area (Å²) in [6, 6.07) is 7.89. The lowest BCUT2D eigenvalue weighted by molar-refractivity contribution is -0.137. The number of rotatable bonds is 3. The van der Waals surface area contributed by atoms with E-state index in [4.69, 9.17) is 0 Å². The predicted octanol–water partition coefficient (Wildman–Crippen LogP) is 4.59. The van der Waals surface area contributed by atoms with Crippen molar-refractivity contribution in [2.24, 2.45) is 0 Å². The van der Waals surface area contributed by atoms with Crippen LogP contribution in [0, 0.1) is 12.7 Å². The zero-order valence-electron chi connectivity index (χ0n) is 13.5. The van der Waals surface area contributed by atoms with Gasteiger partial charge >= 0.3 is 6.18 Å². The second kappa shape index (κ2) is 6.62. The Kier molecular flexibility index (Phi) is 4.50. The first-order valence-electron chi connectivity index (χ1n) is 7.54. The van der Waals surface area contributed by atoms with Crippen molar-refractivity contribution in [2.45, 2.75) is 13.1 Å². The molecule has 1 N–H and O–H groups in total. The zero-order chi connectivity index (χ0) is 18.9. The summed E-state index contributed by atoms with van der Waals surface area (Å²) in [5.74, 6) is -0.605. The van der Waals surface area contributed by atoms with Crippen molar-refractivity contribution < 1.29 is 22.4 Å². The minimum absolute atomic E-state index is 0.0351. The third-order valence-electron chi connectivity index (χ3n) is 3.77. The molecule has 2 aromatic carbocycles. The number of carbonyl (C=O) groups is 1. The van der Waals surface area contributed by atoms with Gasteiger partial charge in [0, 0.05) is 23.6 Å². The van der Waals surface area contributed by atoms with Crippen molar-refractivity contribution in [2.75, 3.05) is 5.32 Å². The van der Waals surface area contributed by atoms with Gasteiger partial charge in [0.05, 0.1) is 11.3 Å². The van der Waals surface area contributed by atoms with E-state index in [1.54, 1.807) is 17.7 Å². The third-order valence-corrected chi connectivity index (χ3v) is 3.77. The first kappa shape index (κ1) is 17.7. The smallest absolute Gasteiger partial charge is 0.322 e. The Bertz CT molecular complexity index is 946. The topological polar surface area (TPSA) is 46.9 Å². The van der Waals surface area contributed by atoms with Crippen LogP contribution >= 0.6 is 0 Å². The average molecular weight is 363 g/mol. The summed E-state index contributed by atoms with van der Waals surface area (Å²) >= 11 is 0. The SMILES string of the molecule is Cc1nccn1-c1ccc(NC(=O)c2ccc(C(F)(F)F)cc2)cc1F. The number of aromatic nitrogens is 2. The summed E-state index contributed by atoms with van der Waals surface area (Å²) in [5, 5.41) is 2.46. The third kappa shape index (κ3) is 3.58. The number of amides is 1. The van der Waals surface area contributed by atoms with E-state index < -0.39 is 23.5 Å². The fourth-order valence-electron chi connectivity index (χ4n) is 2.43. The molecule has 4 nitrogen and oxygen atoms in total. The number of benzene rings is 2. The Labute approximate surface area is 146 Å². The molecule has 1 amide bonds. The van der Waals surface area contributed by atoms with Crippen LogP contribution in [0.15, 0.2) is 54.9 Å². The van der Waals surface area contributed by atoms with Crippen molar-refractivity contribution in [3.8, 4) is 5.69 Å². The minimum Gasteiger partial charge on any atom is -0.322 e. The van der Waals surface area contributed by atoms with Gasteiger partial charge in [0.2, 0.25) is 0 Å². The number of imidazole rings is 1. The molecule has 0 unspecified atom stereocenters. The van der Waals surface area contributed by atoms with E-state index in [2.05, 4.69) is 10.3 Å². The lowest BCUT2D eigenvalue weighted by Crippen LogP contribution is -2.13. The number of anilines is 1. The lowest BCUT2D eigenvalue weighted by atomic mass is 10.1. The number of carbonyl (C=O) groups excluding carboxylic acids is 1. The normalized spacial score (nSPS) is 11.4. The largest absolute Gasteiger partial charge is 0.416 e. The molecule has 0 saturated heterocycles. The van der Waals surface area contributed by atoms with E-state index >= 15 is 0 Å². The van der Waals surface area contributed by atoms with Gasteiger partial charge in [0.1, 0.15) is 11.6 Å². The Morgan fingerprint density at radius 1 is 1.12 bits per heavy atom. The molecule has 8 heteroatoms. The molecule has 0 radical (unpaired) electrons. The van der Waals surface area contributed by atoms with E-state index in [0.717, 1.165) is 30.3 Å². The molecule has 3 rings (SSSR count). The second-order valence-corrected chi connectivity index (χ2v) is 5.54. The quantitative estimate of drug-likeness (QED) is 0.692. The second-order valence-electron chi connectivity index (χ2n) is 5.54. The Morgan fingerprint density at radius 3 is 2.35 bits per heavy atom. The maximum atomic E-state index is 14.3. The predicted molar refractivity (Wildman–Crippen MR) is 87.7 cm³/mol. The lowest BCUT2D eigenvalue weighted by Gasteiger charge is -2.10. The maximum Gasteiger partial charge on any atom is 0.416 e. The molecule has 0 fully saturated rings. The first-order valence-corrected chi connectivity index (χ1v) is 7.54. The van der Waals surface area contributed by atoms with Gasteiger partial charge in [-0.1, -0.05) is 0 Å². The summed E-state index contributed by atoms with van der Waals surface area (Å²) in [4.78, 5) is 16.1. The number of nitrogens with one attached hydrogen (secondary N) is 1. The molecule has 1 aromatic heterocycles. The van der Waals surface area contributed by atoms with Gasteiger partial charge in [-0.25, -0.2) is 9.37 Å². The number of nitrogens with zero attached hydrogens (tertiary/aromatic N) is 2. The van der Waals surface area contributed by atoms with Crippen molar-refractivity contribution in [3.63, 3.8) is 0 Å². The molecule has 0 spiro atoms. The van der Waals surface area contributed by atoms with Crippen LogP contribution in [0.2, 0.25) is 0 Å². The number of aryl methyl sites for hydroxylation is 1. The summed E-state index contributed by atoms with van der Waals surface area (Å²) in [5.41, 5.74) is -0.352. The number of hydrogen-bond acceptors (Lipinski definition) is 2. The van der Waals surface area contributed by atoms with Crippen LogP contribution in [0.4, 0.5) is 23.2 Å². The van der Waals surface area contributed by atoms with Gasteiger partial charge < -0.3 is 9.88 Å². The van der Waals surface area contributed by atoms with Crippen LogP contribution in [0.5, 0.6) is 0 Å². The summed E-state index contributed by atoms with van der Waals surface area (Å²) < 4.78 is 53.5. The highest BCUT2D eigenvalue weighted by Crippen LogP contribution is 2.29. The van der Waals surface area contributed by atoms with Crippen LogP contribution < -0.4 is 5.32 Å². The van der Waals surface area contributed by atoms with Crippen molar-refractivity contribution in [1.29, 1.82) is 0 Å². The van der Waals surface area contributed by atoms with Gasteiger partial charge in [-0.15, -0.1) is 0 Å². The van der Waals surface area contributed by atoms with Gasteiger partial charge in [0.15, 0.2) is 0 Å². The molecular weight excluding hydrogens is 350 g/mol. The van der Waals surface area contributed by atoms with Crippen molar-refractivity contribution in [3.05, 3.63) is 77.6 Å². The molecule has 0 saturated carbocycles. The van der Waals surface area contributed by atoms with E-state index in [1.165, 1.54) is 18.3 Å². The Hall–Kier alpha value is -3.16. The van der Waals surface area contributed by atoms with Gasteiger partial charge in [0.25, 0.3) is 5.91 Å². The zero-order valence-corrected chi connectivity index (χ0v) is 13.5. The van der Waals surface area contributed by atoms with E-state index in [0.29, 0.717) is 5.82 Å². The molecule has 0 bridgehead atoms. The minimum atomic E-state index is -4.47. The van der Waals surface area contributed by atoms with Crippen LogP contribution in [-0.2, 0) is 6.18 Å². The van der Waals surface area contributed by atoms with E-state index in [9.17, 15) is 22.4 Å². The van der Waals surface area contributed by atoms with E-state index in [1.807, 2.05) is 0 Å². The van der Waals surface area contributed by atoms with Crippen LogP contribution in [0.25, 0.3) is 5.69 Å². The molecule has 3 aromatic rings. The van der Waals surface area contributed by atoms with Gasteiger partial charge in [-0.3, -0.25) is 4.79 Å². The van der Waals surface area contributed by atoms with Crippen LogP contribution in [0.3, 0.4) is 0 Å². The number of hydrogen-bond donors (Lipinski definition) is 1. The maximum absolute atomic E-state index is 14.3. The van der Waals surface area contributed by atoms with Crippen molar-refractivity contribution in [1.82, 2.24) is 9.55 Å². The van der Waals surface area contributed by atoms with Crippen LogP contribution in [-0.4, -0.2) is 15.5 Å². The number of halogens is 4. The Morgan fingerprint density at radius 2 is 1.81 bits per heavy atom. The summed E-state index contributed by atoms with van der Waals surface area (Å²) in [6.45, 7) is 1.72. The molecule has 0 aliphatic carbocycles. The molecule has 26 heavy (non-hydrogen) atoms. The highest BCUT2D eigenvalue weighted by molar-refractivity contribution is 6.04. The first-order chi connectivity index (χ1) is 12.3. The molecular formula is C18H13F4N3O. The molecule has 0 aliphatic heterocycles. The summed E-state index contributed by atoms with van der Waals surface area (Å²) in [6.07, 6.45) is -1.33. The van der Waals surface area contributed by atoms with Gasteiger partial charge in [-0.2, -0.15) is 13.2 Å². The molecule has 0 atom stereocenters. The van der Waals surface area contributed by atoms with Crippen molar-refractivity contribution >= 4 is 11.6 Å². The van der Waals surface area contributed by atoms with Crippen LogP contribution in [0.1, 0.15) is 21.7 Å². The molecule has 134 valence electrons. The van der Waals surface area contributed by atoms with Gasteiger partial charge in [-0.05, 0) is 49.4 Å². The highest BCUT2D eigenvalue weighted by atomic mass is 19.4. The number of alkyl halides is 3. The standard InChI is InChI=1S/C18H13F4N3O/c1-11-23-8-9-25(11)16-7-6-14(10-15(16)19)24-17(26)12-2-4-13(5-3-12)18(20,21)22/h2-10H,1H3,(H,24,26).